The number of phenolic OH excluding ortho intramolecular Hbond substituents is 1. The number of hydrogen-bond donors (Lipinski definition) is 4. The summed E-state index contributed by atoms with van der Waals surface area (Å²) in [5.41, 5.74) is 0.363. The zero-order valence-corrected chi connectivity index (χ0v) is 11.5. The molecule has 0 amide bonds. The first kappa shape index (κ1) is 16.1. The van der Waals surface area contributed by atoms with Crippen LogP contribution in [0.3, 0.4) is 0 Å². The fourth-order valence-electron chi connectivity index (χ4n) is 1.60. The molecule has 1 aromatic rings. The molecule has 0 spiro atoms. The third-order valence-corrected chi connectivity index (χ3v) is 2.66. The zero-order chi connectivity index (χ0) is 14.8. The lowest BCUT2D eigenvalue weighted by Gasteiger charge is -2.25. The molecule has 4 N–H and O–H groups in total. The largest absolute Gasteiger partial charge is 0.508 e. The van der Waals surface area contributed by atoms with Crippen molar-refractivity contribution in [1.82, 2.24) is 5.32 Å². The Bertz CT molecular complexity index is 438. The molecule has 1 atom stereocenters. The van der Waals surface area contributed by atoms with Gasteiger partial charge >= 0.3 is 0 Å². The molecule has 4 radical (unpaired) electrons. The van der Waals surface area contributed by atoms with Gasteiger partial charge in [0, 0.05) is 23.0 Å². The Morgan fingerprint density at radius 2 is 1.84 bits per heavy atom. The summed E-state index contributed by atoms with van der Waals surface area (Å²) in [4.78, 5) is 0. The summed E-state index contributed by atoms with van der Waals surface area (Å²) in [6.07, 6.45) is -0.791. The molecule has 0 fully saturated rings. The quantitative estimate of drug-likeness (QED) is 0.585. The van der Waals surface area contributed by atoms with Crippen LogP contribution in [0.5, 0.6) is 5.75 Å². The van der Waals surface area contributed by atoms with Gasteiger partial charge in [0.25, 0.3) is 0 Å². The van der Waals surface area contributed by atoms with Crippen LogP contribution in [0.1, 0.15) is 38.0 Å². The molecule has 0 saturated heterocycles. The fourth-order valence-corrected chi connectivity index (χ4v) is 1.60. The summed E-state index contributed by atoms with van der Waals surface area (Å²) in [5, 5.41) is 30.2. The number of hydrogen-bond acceptors (Lipinski definition) is 4. The van der Waals surface area contributed by atoms with E-state index in [9.17, 15) is 15.3 Å². The minimum atomic E-state index is -2.14. The van der Waals surface area contributed by atoms with Gasteiger partial charge in [0.05, 0.1) is 6.10 Å². The van der Waals surface area contributed by atoms with Crippen LogP contribution in [0.15, 0.2) is 18.2 Å². The van der Waals surface area contributed by atoms with Gasteiger partial charge < -0.3 is 20.6 Å². The van der Waals surface area contributed by atoms with Crippen LogP contribution < -0.4 is 5.32 Å². The van der Waals surface area contributed by atoms with Crippen LogP contribution in [0.4, 0.5) is 0 Å². The highest BCUT2D eigenvalue weighted by Crippen LogP contribution is 2.28. The van der Waals surface area contributed by atoms with Crippen LogP contribution >= 0.6 is 0 Å². The summed E-state index contributed by atoms with van der Waals surface area (Å²) < 4.78 is 0. The molecule has 1 rings (SSSR count). The zero-order valence-electron chi connectivity index (χ0n) is 11.5. The van der Waals surface area contributed by atoms with Crippen molar-refractivity contribution in [3.63, 3.8) is 0 Å². The molecule has 4 nitrogen and oxygen atoms in total. The molecule has 6 heteroatoms. The molecular weight excluding hydrogens is 240 g/mol. The van der Waals surface area contributed by atoms with Gasteiger partial charge in [0.2, 0.25) is 0 Å². The first-order valence-electron chi connectivity index (χ1n) is 6.07. The maximum absolute atomic E-state index is 10.1. The van der Waals surface area contributed by atoms with Crippen molar-refractivity contribution < 1.29 is 15.3 Å². The van der Waals surface area contributed by atoms with E-state index >= 15 is 0 Å². The van der Waals surface area contributed by atoms with Crippen molar-refractivity contribution >= 4 is 15.7 Å². The molecule has 0 aliphatic carbocycles. The van der Waals surface area contributed by atoms with E-state index in [1.165, 1.54) is 12.1 Å². The lowest BCUT2D eigenvalue weighted by atomic mass is 9.61. The van der Waals surface area contributed by atoms with E-state index in [-0.39, 0.29) is 16.9 Å². The summed E-state index contributed by atoms with van der Waals surface area (Å²) in [5.74, 6) is -0.216. The van der Waals surface area contributed by atoms with Crippen molar-refractivity contribution in [3.8, 4) is 5.75 Å². The monoisotopic (exact) mass is 259 g/mol. The highest BCUT2D eigenvalue weighted by atomic mass is 16.3. The van der Waals surface area contributed by atoms with E-state index in [0.717, 1.165) is 0 Å². The molecule has 0 aliphatic heterocycles. The predicted octanol–water partition coefficient (Wildman–Crippen LogP) is 0.253. The van der Waals surface area contributed by atoms with E-state index in [2.05, 4.69) is 5.32 Å². The van der Waals surface area contributed by atoms with Crippen molar-refractivity contribution in [1.29, 1.82) is 0 Å². The number of phenols is 1. The number of aromatic hydroxyl groups is 1. The minimum Gasteiger partial charge on any atom is -0.508 e. The number of aliphatic hydroxyl groups is 2. The smallest absolute Gasteiger partial charge is 0.120 e. The van der Waals surface area contributed by atoms with Gasteiger partial charge in [-0.05, 0) is 38.5 Å². The molecule has 0 aromatic heterocycles. The van der Waals surface area contributed by atoms with Gasteiger partial charge in [0.1, 0.15) is 21.4 Å². The molecule has 0 bridgehead atoms. The first-order valence-corrected chi connectivity index (χ1v) is 6.07. The fraction of sp³-hybridized carbons (Fsp3) is 0.538. The molecule has 100 valence electrons. The Hall–Kier alpha value is -0.970. The number of nitrogens with one attached hydrogen (secondary N) is 1. The Morgan fingerprint density at radius 1 is 1.26 bits per heavy atom. The molecule has 0 aliphatic rings. The molecule has 19 heavy (non-hydrogen) atoms. The van der Waals surface area contributed by atoms with E-state index in [0.29, 0.717) is 12.1 Å². The second-order valence-corrected chi connectivity index (χ2v) is 5.75. The third kappa shape index (κ3) is 4.90. The number of aliphatic hydroxyl groups excluding tert-OH is 1. The Morgan fingerprint density at radius 3 is 2.32 bits per heavy atom. The molecule has 0 heterocycles. The topological polar surface area (TPSA) is 72.7 Å². The highest BCUT2D eigenvalue weighted by Gasteiger charge is 2.21. The Balaban J connectivity index is 2.90. The summed E-state index contributed by atoms with van der Waals surface area (Å²) >= 11 is 0. The maximum Gasteiger partial charge on any atom is 0.120 e. The van der Waals surface area contributed by atoms with Gasteiger partial charge in [-0.2, -0.15) is 0 Å². The van der Waals surface area contributed by atoms with E-state index < -0.39 is 11.5 Å². The van der Waals surface area contributed by atoms with Gasteiger partial charge in [0.15, 0.2) is 0 Å². The maximum atomic E-state index is 10.1. The van der Waals surface area contributed by atoms with Crippen molar-refractivity contribution in [3.05, 3.63) is 29.3 Å². The highest BCUT2D eigenvalue weighted by molar-refractivity contribution is 6.38. The molecule has 0 saturated carbocycles. The van der Waals surface area contributed by atoms with Crippen molar-refractivity contribution in [2.45, 2.75) is 37.8 Å². The second kappa shape index (κ2) is 5.57. The average molecular weight is 259 g/mol. The second-order valence-electron chi connectivity index (χ2n) is 5.75. The molecular formula is C13H19B2NO3. The summed E-state index contributed by atoms with van der Waals surface area (Å²) in [6.45, 7) is 6.29. The standard InChI is InChI=1S/C13H19B2NO3/c1-12(2,3)16-7-11(18)8-4-5-10(17)9(6-8)13(14,15)19/h4-6,11,16-19H,7H2,1-3H3/t11-/m1/s1. The van der Waals surface area contributed by atoms with Crippen LogP contribution in [-0.4, -0.2) is 43.1 Å². The lowest BCUT2D eigenvalue weighted by Crippen LogP contribution is -2.38. The predicted molar refractivity (Wildman–Crippen MR) is 76.2 cm³/mol. The van der Waals surface area contributed by atoms with Crippen molar-refractivity contribution in [2.75, 3.05) is 6.54 Å². The van der Waals surface area contributed by atoms with Gasteiger partial charge in [-0.3, -0.25) is 0 Å². The minimum absolute atomic E-state index is 0.0280. The van der Waals surface area contributed by atoms with Gasteiger partial charge in [-0.25, -0.2) is 0 Å². The van der Waals surface area contributed by atoms with Crippen molar-refractivity contribution in [2.24, 2.45) is 0 Å². The first-order chi connectivity index (χ1) is 8.50. The normalized spacial score (nSPS) is 14.4. The lowest BCUT2D eigenvalue weighted by molar-refractivity contribution is 0.162. The van der Waals surface area contributed by atoms with E-state index in [1.807, 2.05) is 20.8 Å². The van der Waals surface area contributed by atoms with Crippen LogP contribution in [0.2, 0.25) is 0 Å². The SMILES string of the molecule is [B]C([B])(O)c1cc([C@H](O)CNC(C)(C)C)ccc1O. The van der Waals surface area contributed by atoms with E-state index in [1.54, 1.807) is 6.07 Å². The third-order valence-electron chi connectivity index (χ3n) is 2.66. The van der Waals surface area contributed by atoms with Crippen LogP contribution in [0.25, 0.3) is 0 Å². The summed E-state index contributed by atoms with van der Waals surface area (Å²) in [7, 11) is 10.7. The number of rotatable bonds is 4. The van der Waals surface area contributed by atoms with Crippen LogP contribution in [-0.2, 0) is 5.40 Å². The number of benzene rings is 1. The van der Waals surface area contributed by atoms with Crippen LogP contribution in [0, 0.1) is 0 Å². The number of β-amino-alcohol motifs (C(OH)–C–C–N with tert-alkyl or cyclic N) is 1. The Kier molecular flexibility index (Phi) is 4.72. The Labute approximate surface area is 116 Å². The van der Waals surface area contributed by atoms with E-state index in [4.69, 9.17) is 15.7 Å². The average Bonchev–Trinajstić information content (AvgIpc) is 2.24. The van der Waals surface area contributed by atoms with Gasteiger partial charge in [-0.15, -0.1) is 0 Å². The van der Waals surface area contributed by atoms with Gasteiger partial charge in [-0.1, -0.05) is 6.07 Å². The molecule has 0 unspecified atom stereocenters. The molecule has 1 aromatic carbocycles. The summed E-state index contributed by atoms with van der Waals surface area (Å²) in [6, 6.07) is 4.29.